The van der Waals surface area contributed by atoms with E-state index in [2.05, 4.69) is 10.3 Å². The van der Waals surface area contributed by atoms with Gasteiger partial charge in [-0.2, -0.15) is 0 Å². The molecule has 3 rings (SSSR count). The van der Waals surface area contributed by atoms with Crippen LogP contribution in [-0.4, -0.2) is 28.9 Å². The minimum atomic E-state index is -0.230. The second-order valence-electron chi connectivity index (χ2n) is 6.54. The molecule has 1 N–H and O–H groups in total. The zero-order valence-corrected chi connectivity index (χ0v) is 15.9. The van der Waals surface area contributed by atoms with Crippen LogP contribution < -0.4 is 5.32 Å². The van der Waals surface area contributed by atoms with Gasteiger partial charge in [-0.05, 0) is 48.7 Å². The largest absolute Gasteiger partial charge is 0.370 e. The van der Waals surface area contributed by atoms with Crippen LogP contribution in [0.2, 0.25) is 0 Å². The molecular weight excluding hydrogens is 353 g/mol. The summed E-state index contributed by atoms with van der Waals surface area (Å²) in [5.41, 5.74) is 2.73. The number of nitrogens with one attached hydrogen (secondary N) is 1. The Labute approximate surface area is 165 Å². The summed E-state index contributed by atoms with van der Waals surface area (Å²) in [5.74, 6) is 0.452. The summed E-state index contributed by atoms with van der Waals surface area (Å²) in [6.45, 7) is 3.86. The van der Waals surface area contributed by atoms with Crippen molar-refractivity contribution in [3.63, 3.8) is 0 Å². The molecule has 28 heavy (non-hydrogen) atoms. The lowest BCUT2D eigenvalue weighted by Crippen LogP contribution is -2.30. The molecule has 4 nitrogen and oxygen atoms in total. The highest BCUT2D eigenvalue weighted by molar-refractivity contribution is 5.94. The molecule has 0 atom stereocenters. The van der Waals surface area contributed by atoms with E-state index in [-0.39, 0.29) is 11.7 Å². The fraction of sp³-hybridized carbons (Fsp3) is 0.217. The van der Waals surface area contributed by atoms with Gasteiger partial charge in [0.15, 0.2) is 0 Å². The highest BCUT2D eigenvalue weighted by Crippen LogP contribution is 2.12. The molecule has 2 aromatic carbocycles. The van der Waals surface area contributed by atoms with Gasteiger partial charge in [-0.25, -0.2) is 9.37 Å². The summed E-state index contributed by atoms with van der Waals surface area (Å²) < 4.78 is 12.9. The first kappa shape index (κ1) is 19.5. The maximum absolute atomic E-state index is 12.9. The van der Waals surface area contributed by atoms with Gasteiger partial charge in [0.1, 0.15) is 11.6 Å². The number of rotatable bonds is 8. The molecule has 0 aliphatic heterocycles. The molecule has 144 valence electrons. The zero-order chi connectivity index (χ0) is 19.8. The van der Waals surface area contributed by atoms with Crippen molar-refractivity contribution in [2.45, 2.75) is 19.9 Å². The minimum Gasteiger partial charge on any atom is -0.370 e. The average molecular weight is 377 g/mol. The summed E-state index contributed by atoms with van der Waals surface area (Å²) in [4.78, 5) is 18.9. The molecule has 3 aromatic rings. The summed E-state index contributed by atoms with van der Waals surface area (Å²) in [7, 11) is 0. The van der Waals surface area contributed by atoms with E-state index in [0.717, 1.165) is 17.5 Å². The van der Waals surface area contributed by atoms with E-state index >= 15 is 0 Å². The van der Waals surface area contributed by atoms with Gasteiger partial charge in [0.2, 0.25) is 0 Å². The van der Waals surface area contributed by atoms with Gasteiger partial charge in [-0.3, -0.25) is 4.79 Å². The Hall–Kier alpha value is -3.21. The number of hydrogen-bond acceptors (Lipinski definition) is 3. The van der Waals surface area contributed by atoms with E-state index in [4.69, 9.17) is 0 Å². The number of nitrogens with zero attached hydrogens (tertiary/aromatic N) is 2. The van der Waals surface area contributed by atoms with Crippen molar-refractivity contribution in [3.05, 3.63) is 95.4 Å². The van der Waals surface area contributed by atoms with E-state index in [9.17, 15) is 9.18 Å². The van der Waals surface area contributed by atoms with Crippen LogP contribution in [0.15, 0.2) is 72.9 Å². The third-order valence-electron chi connectivity index (χ3n) is 4.53. The third-order valence-corrected chi connectivity index (χ3v) is 4.53. The van der Waals surface area contributed by atoms with Crippen LogP contribution in [0.1, 0.15) is 28.4 Å². The predicted octanol–water partition coefficient (Wildman–Crippen LogP) is 4.54. The lowest BCUT2D eigenvalue weighted by molar-refractivity contribution is 0.0752. The summed E-state index contributed by atoms with van der Waals surface area (Å²) in [5, 5.41) is 3.23. The molecule has 0 fully saturated rings. The van der Waals surface area contributed by atoms with Gasteiger partial charge in [0, 0.05) is 25.8 Å². The smallest absolute Gasteiger partial charge is 0.255 e. The van der Waals surface area contributed by atoms with Crippen molar-refractivity contribution in [2.75, 3.05) is 18.4 Å². The van der Waals surface area contributed by atoms with Gasteiger partial charge in [0.05, 0.1) is 5.56 Å². The zero-order valence-electron chi connectivity index (χ0n) is 15.9. The number of carbonyl (C=O) groups excluding carboxylic acids is 1. The monoisotopic (exact) mass is 377 g/mol. The molecule has 1 amide bonds. The van der Waals surface area contributed by atoms with Crippen molar-refractivity contribution in [1.82, 2.24) is 9.88 Å². The van der Waals surface area contributed by atoms with E-state index < -0.39 is 0 Å². The Morgan fingerprint density at radius 2 is 1.75 bits per heavy atom. The number of anilines is 1. The summed E-state index contributed by atoms with van der Waals surface area (Å²) >= 11 is 0. The van der Waals surface area contributed by atoms with Gasteiger partial charge in [0.25, 0.3) is 5.91 Å². The first-order chi connectivity index (χ1) is 13.7. The summed E-state index contributed by atoms with van der Waals surface area (Å²) in [6.07, 6.45) is 2.37. The Morgan fingerprint density at radius 3 is 2.39 bits per heavy atom. The number of pyridine rings is 1. The molecule has 1 heterocycles. The topological polar surface area (TPSA) is 45.2 Å². The highest BCUT2D eigenvalue weighted by atomic mass is 19.1. The van der Waals surface area contributed by atoms with Gasteiger partial charge in [-0.15, -0.1) is 0 Å². The molecule has 1 aromatic heterocycles. The maximum Gasteiger partial charge on any atom is 0.255 e. The predicted molar refractivity (Wildman–Crippen MR) is 110 cm³/mol. The van der Waals surface area contributed by atoms with Gasteiger partial charge in [-0.1, -0.05) is 42.5 Å². The normalized spacial score (nSPS) is 10.5. The quantitative estimate of drug-likeness (QED) is 0.627. The molecule has 0 unspecified atom stereocenters. The van der Waals surface area contributed by atoms with Crippen LogP contribution in [-0.2, 0) is 13.0 Å². The van der Waals surface area contributed by atoms with E-state index in [1.807, 2.05) is 43.3 Å². The van der Waals surface area contributed by atoms with Gasteiger partial charge < -0.3 is 10.2 Å². The molecule has 5 heteroatoms. The second kappa shape index (κ2) is 9.65. The highest BCUT2D eigenvalue weighted by Gasteiger charge is 2.15. The SMILES string of the molecule is CCN(Cc1ccccc1)C(=O)c1ccc(NCCc2ccc(F)cc2)nc1. The van der Waals surface area contributed by atoms with Crippen molar-refractivity contribution >= 4 is 11.7 Å². The minimum absolute atomic E-state index is 0.0308. The van der Waals surface area contributed by atoms with Crippen molar-refractivity contribution in [2.24, 2.45) is 0 Å². The van der Waals surface area contributed by atoms with Crippen LogP contribution in [0, 0.1) is 5.82 Å². The van der Waals surface area contributed by atoms with Crippen LogP contribution in [0.4, 0.5) is 10.2 Å². The molecule has 0 aliphatic rings. The number of benzene rings is 2. The van der Waals surface area contributed by atoms with E-state index in [1.54, 1.807) is 29.3 Å². The third kappa shape index (κ3) is 5.39. The number of aromatic nitrogens is 1. The molecule has 0 spiro atoms. The summed E-state index contributed by atoms with van der Waals surface area (Å²) in [6, 6.07) is 20.0. The molecule has 0 saturated carbocycles. The number of amides is 1. The Kier molecular flexibility index (Phi) is 6.73. The lowest BCUT2D eigenvalue weighted by atomic mass is 10.1. The van der Waals surface area contributed by atoms with E-state index in [1.165, 1.54) is 12.1 Å². The first-order valence-corrected chi connectivity index (χ1v) is 9.43. The van der Waals surface area contributed by atoms with E-state index in [0.29, 0.717) is 31.0 Å². The number of hydrogen-bond donors (Lipinski definition) is 1. The fourth-order valence-corrected chi connectivity index (χ4v) is 2.92. The van der Waals surface area contributed by atoms with Crippen LogP contribution in [0.3, 0.4) is 0 Å². The first-order valence-electron chi connectivity index (χ1n) is 9.43. The van der Waals surface area contributed by atoms with Crippen molar-refractivity contribution in [1.29, 1.82) is 0 Å². The Morgan fingerprint density at radius 1 is 1.00 bits per heavy atom. The van der Waals surface area contributed by atoms with Crippen LogP contribution in [0.5, 0.6) is 0 Å². The molecular formula is C23H24FN3O. The maximum atomic E-state index is 12.9. The molecule has 0 bridgehead atoms. The average Bonchev–Trinajstić information content (AvgIpc) is 2.74. The standard InChI is InChI=1S/C23H24FN3O/c1-2-27(17-19-6-4-3-5-7-19)23(28)20-10-13-22(26-16-20)25-15-14-18-8-11-21(24)12-9-18/h3-13,16H,2,14-15,17H2,1H3,(H,25,26). The Balaban J connectivity index is 1.55. The number of carbonyl (C=O) groups is 1. The number of halogens is 1. The molecule has 0 saturated heterocycles. The molecule has 0 aliphatic carbocycles. The fourth-order valence-electron chi connectivity index (χ4n) is 2.92. The van der Waals surface area contributed by atoms with Crippen molar-refractivity contribution < 1.29 is 9.18 Å². The lowest BCUT2D eigenvalue weighted by Gasteiger charge is -2.21. The van der Waals surface area contributed by atoms with Crippen LogP contribution >= 0.6 is 0 Å². The van der Waals surface area contributed by atoms with Crippen LogP contribution in [0.25, 0.3) is 0 Å². The van der Waals surface area contributed by atoms with Crippen molar-refractivity contribution in [3.8, 4) is 0 Å². The molecule has 0 radical (unpaired) electrons. The van der Waals surface area contributed by atoms with Gasteiger partial charge >= 0.3 is 0 Å². The second-order valence-corrected chi connectivity index (χ2v) is 6.54. The Bertz CT molecular complexity index is 880.